The van der Waals surface area contributed by atoms with E-state index >= 15 is 0 Å². The normalized spacial score (nSPS) is 11.5. The summed E-state index contributed by atoms with van der Waals surface area (Å²) in [4.78, 5) is 12.4. The number of nitrogens with two attached hydrogens (primary N) is 1. The van der Waals surface area contributed by atoms with E-state index in [1.165, 1.54) is 70.6 Å². The van der Waals surface area contributed by atoms with E-state index in [2.05, 4.69) is 6.92 Å². The summed E-state index contributed by atoms with van der Waals surface area (Å²) in [5.74, 6) is -0.461. The van der Waals surface area contributed by atoms with Crippen molar-refractivity contribution < 1.29 is 13.2 Å². The van der Waals surface area contributed by atoms with Gasteiger partial charge in [-0.3, -0.25) is 4.79 Å². The number of amides is 1. The molecule has 0 aliphatic heterocycles. The van der Waals surface area contributed by atoms with Crippen molar-refractivity contribution in [3.05, 3.63) is 30.3 Å². The van der Waals surface area contributed by atoms with Crippen LogP contribution in [-0.2, 0) is 15.0 Å². The monoisotopic (exact) mass is 424 g/mol. The molecule has 5 nitrogen and oxygen atoms in total. The lowest BCUT2D eigenvalue weighted by atomic mass is 10.0. The van der Waals surface area contributed by atoms with Crippen molar-refractivity contribution in [1.29, 1.82) is 0 Å². The molecule has 166 valence electrons. The van der Waals surface area contributed by atoms with Crippen molar-refractivity contribution in [3.8, 4) is 0 Å². The van der Waals surface area contributed by atoms with Crippen LogP contribution in [0.1, 0.15) is 103 Å². The highest BCUT2D eigenvalue weighted by molar-refractivity contribution is 7.91. The number of nitrogens with zero attached hydrogens (tertiary/aromatic N) is 1. The Morgan fingerprint density at radius 3 is 1.59 bits per heavy atom. The summed E-state index contributed by atoms with van der Waals surface area (Å²) in [6.45, 7) is 2.25. The van der Waals surface area contributed by atoms with Gasteiger partial charge in [0.15, 0.2) is 0 Å². The molecule has 0 saturated heterocycles. The lowest BCUT2D eigenvalue weighted by Gasteiger charge is -2.19. The quantitative estimate of drug-likeness (QED) is 0.307. The van der Waals surface area contributed by atoms with E-state index in [9.17, 15) is 13.2 Å². The fraction of sp³-hybridized carbons (Fsp3) is 0.696. The van der Waals surface area contributed by atoms with Gasteiger partial charge in [0.05, 0.1) is 5.69 Å². The molecule has 0 heterocycles. The molecule has 1 aromatic carbocycles. The molecule has 0 saturated carbocycles. The summed E-state index contributed by atoms with van der Waals surface area (Å²) in [7, 11) is -4.10. The zero-order chi connectivity index (χ0) is 21.4. The van der Waals surface area contributed by atoms with Crippen LogP contribution >= 0.6 is 0 Å². The van der Waals surface area contributed by atoms with Gasteiger partial charge in [-0.15, -0.1) is 0 Å². The Morgan fingerprint density at radius 1 is 0.759 bits per heavy atom. The van der Waals surface area contributed by atoms with Gasteiger partial charge in [-0.05, 0) is 18.6 Å². The molecule has 0 unspecified atom stereocenters. The first-order valence-electron chi connectivity index (χ1n) is 11.4. The lowest BCUT2D eigenvalue weighted by molar-refractivity contribution is -0.117. The van der Waals surface area contributed by atoms with Gasteiger partial charge in [-0.25, -0.2) is 5.14 Å². The van der Waals surface area contributed by atoms with Crippen LogP contribution in [-0.4, -0.2) is 14.3 Å². The van der Waals surface area contributed by atoms with Crippen LogP contribution in [0.15, 0.2) is 30.3 Å². The minimum Gasteiger partial charge on any atom is -0.273 e. The molecule has 6 heteroatoms. The average molecular weight is 425 g/mol. The number of para-hydroxylation sites is 1. The molecule has 1 aromatic rings. The SMILES string of the molecule is CCCCCCCCCCCCCCCCC(=O)N(c1ccccc1)S(N)(=O)=O. The molecule has 2 N–H and O–H groups in total. The number of benzene rings is 1. The van der Waals surface area contributed by atoms with Gasteiger partial charge >= 0.3 is 10.2 Å². The number of unbranched alkanes of at least 4 members (excludes halogenated alkanes) is 13. The molecule has 0 radical (unpaired) electrons. The molecule has 0 aliphatic rings. The zero-order valence-electron chi connectivity index (χ0n) is 18.2. The van der Waals surface area contributed by atoms with Crippen molar-refractivity contribution in [2.75, 3.05) is 4.31 Å². The van der Waals surface area contributed by atoms with Gasteiger partial charge in [-0.1, -0.05) is 109 Å². The second kappa shape index (κ2) is 15.4. The Kier molecular flexibility index (Phi) is 13.7. The Labute approximate surface area is 178 Å². The molecule has 29 heavy (non-hydrogen) atoms. The van der Waals surface area contributed by atoms with Crippen molar-refractivity contribution in [1.82, 2.24) is 0 Å². The second-order valence-corrected chi connectivity index (χ2v) is 9.28. The van der Waals surface area contributed by atoms with Crippen LogP contribution in [0.2, 0.25) is 0 Å². The predicted octanol–water partition coefficient (Wildman–Crippen LogP) is 6.09. The van der Waals surface area contributed by atoms with Crippen molar-refractivity contribution in [3.63, 3.8) is 0 Å². The first-order chi connectivity index (χ1) is 14.0. The maximum absolute atomic E-state index is 12.4. The Hall–Kier alpha value is -1.40. The van der Waals surface area contributed by atoms with Crippen LogP contribution in [0, 0.1) is 0 Å². The largest absolute Gasteiger partial charge is 0.305 e. The van der Waals surface area contributed by atoms with Crippen molar-refractivity contribution >= 4 is 21.8 Å². The summed E-state index contributed by atoms with van der Waals surface area (Å²) < 4.78 is 24.3. The van der Waals surface area contributed by atoms with E-state index in [1.807, 2.05) is 0 Å². The molecule has 0 aliphatic carbocycles. The second-order valence-electron chi connectivity index (χ2n) is 7.88. The van der Waals surface area contributed by atoms with Crippen LogP contribution in [0.3, 0.4) is 0 Å². The summed E-state index contributed by atoms with van der Waals surface area (Å²) >= 11 is 0. The Bertz CT molecular complexity index is 647. The summed E-state index contributed by atoms with van der Waals surface area (Å²) in [6.07, 6.45) is 17.5. The summed E-state index contributed by atoms with van der Waals surface area (Å²) in [5, 5.41) is 5.24. The first-order valence-corrected chi connectivity index (χ1v) is 12.9. The van der Waals surface area contributed by atoms with E-state index < -0.39 is 16.1 Å². The molecular weight excluding hydrogens is 384 g/mol. The highest BCUT2D eigenvalue weighted by atomic mass is 32.2. The number of carbonyl (C=O) groups is 1. The zero-order valence-corrected chi connectivity index (χ0v) is 19.0. The van der Waals surface area contributed by atoms with Gasteiger partial charge in [-0.2, -0.15) is 12.7 Å². The minimum absolute atomic E-state index is 0.198. The number of rotatable bonds is 17. The topological polar surface area (TPSA) is 80.5 Å². The highest BCUT2D eigenvalue weighted by Gasteiger charge is 2.25. The molecular formula is C23H40N2O3S. The maximum atomic E-state index is 12.4. The number of hydrogen-bond donors (Lipinski definition) is 1. The van der Waals surface area contributed by atoms with E-state index in [4.69, 9.17) is 5.14 Å². The average Bonchev–Trinajstić information content (AvgIpc) is 2.68. The Balaban J connectivity index is 2.08. The van der Waals surface area contributed by atoms with E-state index in [1.54, 1.807) is 30.3 Å². The van der Waals surface area contributed by atoms with Gasteiger partial charge in [0.2, 0.25) is 5.91 Å². The third-order valence-corrected chi connectivity index (χ3v) is 6.14. The smallest absolute Gasteiger partial charge is 0.273 e. The fourth-order valence-corrected chi connectivity index (χ4v) is 4.36. The van der Waals surface area contributed by atoms with Crippen molar-refractivity contribution in [2.45, 2.75) is 103 Å². The maximum Gasteiger partial charge on any atom is 0.305 e. The lowest BCUT2D eigenvalue weighted by Crippen LogP contribution is -2.41. The standard InChI is InChI=1S/C23H40N2O3S/c1-2-3-4-5-6-7-8-9-10-11-12-13-14-18-21-23(26)25(29(24,27)28)22-19-16-15-17-20-22/h15-17,19-20H,2-14,18,21H2,1H3,(H2,24,27,28). The highest BCUT2D eigenvalue weighted by Crippen LogP contribution is 2.19. The van der Waals surface area contributed by atoms with E-state index in [0.29, 0.717) is 12.1 Å². The fourth-order valence-electron chi connectivity index (χ4n) is 3.57. The molecule has 0 atom stereocenters. The molecule has 1 rings (SSSR count). The van der Waals surface area contributed by atoms with Crippen LogP contribution in [0.4, 0.5) is 5.69 Å². The molecule has 1 amide bonds. The number of hydrogen-bond acceptors (Lipinski definition) is 3. The van der Waals surface area contributed by atoms with E-state index in [-0.39, 0.29) is 6.42 Å². The van der Waals surface area contributed by atoms with Crippen molar-refractivity contribution in [2.24, 2.45) is 5.14 Å². The van der Waals surface area contributed by atoms with Gasteiger partial charge in [0.1, 0.15) is 0 Å². The van der Waals surface area contributed by atoms with Crippen LogP contribution in [0.25, 0.3) is 0 Å². The molecule has 0 fully saturated rings. The summed E-state index contributed by atoms with van der Waals surface area (Å²) in [6, 6.07) is 8.30. The van der Waals surface area contributed by atoms with Crippen LogP contribution < -0.4 is 9.44 Å². The number of anilines is 1. The Morgan fingerprint density at radius 2 is 1.17 bits per heavy atom. The third-order valence-electron chi connectivity index (χ3n) is 5.22. The van der Waals surface area contributed by atoms with Gasteiger partial charge < -0.3 is 0 Å². The minimum atomic E-state index is -4.10. The molecule has 0 bridgehead atoms. The number of carbonyl (C=O) groups excluding carboxylic acids is 1. The third kappa shape index (κ3) is 12.0. The van der Waals surface area contributed by atoms with Gasteiger partial charge in [0, 0.05) is 6.42 Å². The molecule has 0 aromatic heterocycles. The van der Waals surface area contributed by atoms with E-state index in [0.717, 1.165) is 17.1 Å². The first kappa shape index (κ1) is 25.6. The predicted molar refractivity (Wildman–Crippen MR) is 122 cm³/mol. The van der Waals surface area contributed by atoms with Gasteiger partial charge in [0.25, 0.3) is 0 Å². The molecule has 0 spiro atoms. The van der Waals surface area contributed by atoms with Crippen LogP contribution in [0.5, 0.6) is 0 Å². The summed E-state index contributed by atoms with van der Waals surface area (Å²) in [5.41, 5.74) is 0.297.